The number of benzene rings is 3. The first-order valence-corrected chi connectivity index (χ1v) is 10.7. The molecule has 0 saturated heterocycles. The van der Waals surface area contributed by atoms with Gasteiger partial charge in [-0.1, -0.05) is 23.7 Å². The molecule has 9 nitrogen and oxygen atoms in total. The molecule has 0 spiro atoms. The molecule has 0 saturated carbocycles. The Hall–Kier alpha value is -4.11. The summed E-state index contributed by atoms with van der Waals surface area (Å²) in [5.41, 5.74) is 3.96. The van der Waals surface area contributed by atoms with Crippen LogP contribution in [0.5, 0.6) is 17.2 Å². The van der Waals surface area contributed by atoms with Crippen molar-refractivity contribution in [2.45, 2.75) is 13.5 Å². The fourth-order valence-corrected chi connectivity index (χ4v) is 2.88. The molecule has 0 fully saturated rings. The second-order valence-electron chi connectivity index (χ2n) is 6.89. The Morgan fingerprint density at radius 1 is 1.03 bits per heavy atom. The highest BCUT2D eigenvalue weighted by atomic mass is 35.5. The first-order chi connectivity index (χ1) is 16.4. The molecule has 3 aromatic rings. The van der Waals surface area contributed by atoms with Gasteiger partial charge in [-0.05, 0) is 60.5 Å². The number of non-ortho nitro benzene ring substituents is 1. The third-order valence-corrected chi connectivity index (χ3v) is 4.65. The molecule has 1 N–H and O–H groups in total. The molecule has 0 aliphatic carbocycles. The fraction of sp³-hybridized carbons (Fsp3) is 0.167. The summed E-state index contributed by atoms with van der Waals surface area (Å²) in [7, 11) is 0. The standard InChI is InChI=1S/C24H22ClN3O6/c1-2-32-23-13-18(5-12-22(23)34-15-17-3-6-19(25)7-4-17)14-26-27-24(29)16-33-21-10-8-20(9-11-21)28(30)31/h3-14H,2,15-16H2,1H3,(H,27,29)/b26-14+. The molecule has 0 aliphatic heterocycles. The highest BCUT2D eigenvalue weighted by Gasteiger charge is 2.08. The highest BCUT2D eigenvalue weighted by Crippen LogP contribution is 2.29. The minimum Gasteiger partial charge on any atom is -0.490 e. The van der Waals surface area contributed by atoms with Crippen LogP contribution in [0.1, 0.15) is 18.1 Å². The summed E-state index contributed by atoms with van der Waals surface area (Å²) in [5, 5.41) is 15.2. The number of hydrogen-bond acceptors (Lipinski definition) is 7. The molecule has 10 heteroatoms. The summed E-state index contributed by atoms with van der Waals surface area (Å²) in [5.74, 6) is 0.977. The van der Waals surface area contributed by atoms with Crippen LogP contribution in [0.25, 0.3) is 0 Å². The summed E-state index contributed by atoms with van der Waals surface area (Å²) >= 11 is 5.91. The molecular formula is C24H22ClN3O6. The number of carbonyl (C=O) groups is 1. The zero-order valence-corrected chi connectivity index (χ0v) is 19.0. The quantitative estimate of drug-likeness (QED) is 0.239. The molecule has 3 rings (SSSR count). The lowest BCUT2D eigenvalue weighted by atomic mass is 10.2. The van der Waals surface area contributed by atoms with E-state index in [1.807, 2.05) is 19.1 Å². The van der Waals surface area contributed by atoms with E-state index in [9.17, 15) is 14.9 Å². The first kappa shape index (κ1) is 24.5. The number of ether oxygens (including phenoxy) is 3. The fourth-order valence-electron chi connectivity index (χ4n) is 2.76. The number of rotatable bonds is 11. The van der Waals surface area contributed by atoms with Gasteiger partial charge in [0.05, 0.1) is 17.7 Å². The maximum absolute atomic E-state index is 11.9. The van der Waals surface area contributed by atoms with Gasteiger partial charge in [0.15, 0.2) is 18.1 Å². The number of nitro groups is 1. The third-order valence-electron chi connectivity index (χ3n) is 4.40. The number of hydrazone groups is 1. The average Bonchev–Trinajstić information content (AvgIpc) is 2.84. The molecule has 176 valence electrons. The first-order valence-electron chi connectivity index (χ1n) is 10.3. The largest absolute Gasteiger partial charge is 0.490 e. The van der Waals surface area contributed by atoms with E-state index in [-0.39, 0.29) is 12.3 Å². The van der Waals surface area contributed by atoms with Crippen molar-refractivity contribution >= 4 is 29.4 Å². The van der Waals surface area contributed by atoms with Crippen LogP contribution in [0.4, 0.5) is 5.69 Å². The molecule has 1 amide bonds. The van der Waals surface area contributed by atoms with Gasteiger partial charge in [0.1, 0.15) is 12.4 Å². The van der Waals surface area contributed by atoms with Crippen molar-refractivity contribution in [1.82, 2.24) is 5.43 Å². The molecule has 3 aromatic carbocycles. The maximum atomic E-state index is 11.9. The third kappa shape index (κ3) is 7.49. The van der Waals surface area contributed by atoms with E-state index in [2.05, 4.69) is 10.5 Å². The summed E-state index contributed by atoms with van der Waals surface area (Å²) in [6.45, 7) is 2.38. The van der Waals surface area contributed by atoms with Gasteiger partial charge in [-0.25, -0.2) is 5.43 Å². The lowest BCUT2D eigenvalue weighted by Crippen LogP contribution is -2.24. The van der Waals surface area contributed by atoms with Crippen molar-refractivity contribution in [2.24, 2.45) is 5.10 Å². The van der Waals surface area contributed by atoms with Crippen molar-refractivity contribution in [3.05, 3.63) is 93.0 Å². The summed E-state index contributed by atoms with van der Waals surface area (Å²) in [6.07, 6.45) is 1.47. The number of carbonyl (C=O) groups excluding carboxylic acids is 1. The number of nitro benzene ring substituents is 1. The molecule has 0 aromatic heterocycles. The van der Waals surface area contributed by atoms with Crippen molar-refractivity contribution in [1.29, 1.82) is 0 Å². The Bertz CT molecular complexity index is 1150. The van der Waals surface area contributed by atoms with Crippen LogP contribution in [0, 0.1) is 10.1 Å². The van der Waals surface area contributed by atoms with Crippen LogP contribution in [-0.2, 0) is 11.4 Å². The van der Waals surface area contributed by atoms with Crippen LogP contribution in [-0.4, -0.2) is 30.3 Å². The topological polar surface area (TPSA) is 112 Å². The summed E-state index contributed by atoms with van der Waals surface area (Å²) in [4.78, 5) is 22.1. The molecule has 0 atom stereocenters. The molecule has 34 heavy (non-hydrogen) atoms. The Balaban J connectivity index is 1.52. The van der Waals surface area contributed by atoms with Crippen LogP contribution >= 0.6 is 11.6 Å². The van der Waals surface area contributed by atoms with E-state index in [0.29, 0.717) is 41.0 Å². The summed E-state index contributed by atoms with van der Waals surface area (Å²) < 4.78 is 16.8. The second kappa shape index (κ2) is 12.2. The number of hydrogen-bond donors (Lipinski definition) is 1. The molecule has 0 radical (unpaired) electrons. The minimum atomic E-state index is -0.513. The lowest BCUT2D eigenvalue weighted by molar-refractivity contribution is -0.384. The predicted molar refractivity (Wildman–Crippen MR) is 128 cm³/mol. The number of amides is 1. The predicted octanol–water partition coefficient (Wildman–Crippen LogP) is 4.76. The zero-order chi connectivity index (χ0) is 24.3. The van der Waals surface area contributed by atoms with Gasteiger partial charge in [0, 0.05) is 17.2 Å². The lowest BCUT2D eigenvalue weighted by Gasteiger charge is -2.12. The summed E-state index contributed by atoms with van der Waals surface area (Å²) in [6, 6.07) is 18.1. The zero-order valence-electron chi connectivity index (χ0n) is 18.3. The van der Waals surface area contributed by atoms with Gasteiger partial charge in [0.2, 0.25) is 0 Å². The van der Waals surface area contributed by atoms with Gasteiger partial charge in [0.25, 0.3) is 11.6 Å². The van der Waals surface area contributed by atoms with Crippen molar-refractivity contribution in [2.75, 3.05) is 13.2 Å². The smallest absolute Gasteiger partial charge is 0.277 e. The van der Waals surface area contributed by atoms with Gasteiger partial charge in [-0.2, -0.15) is 5.10 Å². The van der Waals surface area contributed by atoms with Gasteiger partial charge < -0.3 is 14.2 Å². The highest BCUT2D eigenvalue weighted by molar-refractivity contribution is 6.30. The Kier molecular flexibility index (Phi) is 8.81. The molecule has 0 bridgehead atoms. The molecule has 0 aliphatic rings. The van der Waals surface area contributed by atoms with Crippen LogP contribution in [0.2, 0.25) is 5.02 Å². The van der Waals surface area contributed by atoms with Crippen LogP contribution < -0.4 is 19.6 Å². The van der Waals surface area contributed by atoms with E-state index in [1.54, 1.807) is 30.3 Å². The normalized spacial score (nSPS) is 10.6. The SMILES string of the molecule is CCOc1cc(/C=N/NC(=O)COc2ccc([N+](=O)[O-])cc2)ccc1OCc1ccc(Cl)cc1. The van der Waals surface area contributed by atoms with Crippen LogP contribution in [0.3, 0.4) is 0 Å². The minimum absolute atomic E-state index is 0.0609. The molecular weight excluding hydrogens is 462 g/mol. The molecule has 0 heterocycles. The van der Waals surface area contributed by atoms with E-state index in [1.165, 1.54) is 30.5 Å². The number of halogens is 1. The Labute approximate surface area is 201 Å². The van der Waals surface area contributed by atoms with Crippen LogP contribution in [0.15, 0.2) is 71.8 Å². The average molecular weight is 484 g/mol. The van der Waals surface area contributed by atoms with E-state index in [4.69, 9.17) is 25.8 Å². The maximum Gasteiger partial charge on any atom is 0.277 e. The number of nitrogens with zero attached hydrogens (tertiary/aromatic N) is 2. The van der Waals surface area contributed by atoms with Gasteiger partial charge in [-0.3, -0.25) is 14.9 Å². The number of nitrogens with one attached hydrogen (secondary N) is 1. The van der Waals surface area contributed by atoms with Gasteiger partial charge >= 0.3 is 0 Å². The van der Waals surface area contributed by atoms with Crippen molar-refractivity contribution in [3.8, 4) is 17.2 Å². The Morgan fingerprint density at radius 3 is 2.44 bits per heavy atom. The molecule has 0 unspecified atom stereocenters. The second-order valence-corrected chi connectivity index (χ2v) is 7.32. The monoisotopic (exact) mass is 483 g/mol. The van der Waals surface area contributed by atoms with Crippen molar-refractivity contribution < 1.29 is 23.9 Å². The van der Waals surface area contributed by atoms with E-state index >= 15 is 0 Å². The van der Waals surface area contributed by atoms with Gasteiger partial charge in [-0.15, -0.1) is 0 Å². The van der Waals surface area contributed by atoms with Crippen molar-refractivity contribution in [3.63, 3.8) is 0 Å². The van der Waals surface area contributed by atoms with E-state index in [0.717, 1.165) is 5.56 Å². The van der Waals surface area contributed by atoms with E-state index < -0.39 is 10.8 Å². The Morgan fingerprint density at radius 2 is 1.76 bits per heavy atom.